The first-order valence-corrected chi connectivity index (χ1v) is 8.23. The number of fused-ring (bicyclic) bond motifs is 1. The second-order valence-corrected chi connectivity index (χ2v) is 6.06. The number of carbonyl (C=O) groups is 1. The Morgan fingerprint density at radius 1 is 1.26 bits per heavy atom. The van der Waals surface area contributed by atoms with E-state index in [9.17, 15) is 4.79 Å². The number of rotatable bonds is 5. The number of hydrogen-bond donors (Lipinski definition) is 0. The van der Waals surface area contributed by atoms with Crippen LogP contribution in [-0.4, -0.2) is 53.9 Å². The van der Waals surface area contributed by atoms with E-state index < -0.39 is 0 Å². The van der Waals surface area contributed by atoms with Gasteiger partial charge in [-0.1, -0.05) is 18.2 Å². The molecular weight excluding hydrogens is 286 g/mol. The largest absolute Gasteiger partial charge is 0.341 e. The van der Waals surface area contributed by atoms with Gasteiger partial charge in [0.05, 0.1) is 5.52 Å². The van der Waals surface area contributed by atoms with Gasteiger partial charge in [-0.05, 0) is 49.7 Å². The highest BCUT2D eigenvalue weighted by atomic mass is 16.2. The highest BCUT2D eigenvalue weighted by molar-refractivity contribution is 5.95. The maximum absolute atomic E-state index is 12.3. The molecule has 0 radical (unpaired) electrons. The van der Waals surface area contributed by atoms with E-state index >= 15 is 0 Å². The van der Waals surface area contributed by atoms with Crippen LogP contribution in [0, 0.1) is 0 Å². The van der Waals surface area contributed by atoms with Crippen molar-refractivity contribution < 1.29 is 4.79 Å². The third kappa shape index (κ3) is 3.96. The highest BCUT2D eigenvalue weighted by Crippen LogP contribution is 2.17. The van der Waals surface area contributed by atoms with Crippen LogP contribution in [0.3, 0.4) is 0 Å². The van der Waals surface area contributed by atoms with E-state index in [0.717, 1.165) is 29.6 Å². The summed E-state index contributed by atoms with van der Waals surface area (Å²) in [7, 11) is 1.87. The van der Waals surface area contributed by atoms with E-state index in [4.69, 9.17) is 0 Å². The van der Waals surface area contributed by atoms with Gasteiger partial charge >= 0.3 is 0 Å². The maximum Gasteiger partial charge on any atom is 0.246 e. The zero-order valence-corrected chi connectivity index (χ0v) is 13.6. The molecule has 1 aromatic heterocycles. The molecule has 2 heterocycles. The molecule has 2 aromatic rings. The van der Waals surface area contributed by atoms with Crippen molar-refractivity contribution in [2.24, 2.45) is 0 Å². The van der Waals surface area contributed by atoms with Crippen molar-refractivity contribution in [3.8, 4) is 0 Å². The minimum Gasteiger partial charge on any atom is -0.341 e. The number of likely N-dealkylation sites (tertiary alicyclic amines) is 1. The van der Waals surface area contributed by atoms with Gasteiger partial charge in [0, 0.05) is 37.8 Å². The SMILES string of the molecule is CN(CCN1CCCC1)C(=O)/C=C\c1ccnc2ccccc12. The smallest absolute Gasteiger partial charge is 0.246 e. The molecule has 0 bridgehead atoms. The lowest BCUT2D eigenvalue weighted by molar-refractivity contribution is -0.124. The molecule has 1 aliphatic rings. The van der Waals surface area contributed by atoms with E-state index in [2.05, 4.69) is 9.88 Å². The molecule has 0 N–H and O–H groups in total. The monoisotopic (exact) mass is 309 g/mol. The first kappa shape index (κ1) is 15.7. The lowest BCUT2D eigenvalue weighted by atomic mass is 10.1. The highest BCUT2D eigenvalue weighted by Gasteiger charge is 2.13. The minimum absolute atomic E-state index is 0.0464. The molecule has 1 amide bonds. The fourth-order valence-electron chi connectivity index (χ4n) is 2.96. The normalized spacial score (nSPS) is 15.5. The summed E-state index contributed by atoms with van der Waals surface area (Å²) in [4.78, 5) is 20.8. The first-order valence-electron chi connectivity index (χ1n) is 8.23. The van der Waals surface area contributed by atoms with Gasteiger partial charge in [-0.15, -0.1) is 0 Å². The molecule has 0 atom stereocenters. The molecule has 0 spiro atoms. The zero-order valence-electron chi connectivity index (χ0n) is 13.6. The van der Waals surface area contributed by atoms with Gasteiger partial charge in [-0.3, -0.25) is 9.78 Å². The Kier molecular flexibility index (Phi) is 5.03. The van der Waals surface area contributed by atoms with Crippen LogP contribution in [-0.2, 0) is 4.79 Å². The van der Waals surface area contributed by atoms with Crippen LogP contribution >= 0.6 is 0 Å². The van der Waals surface area contributed by atoms with Gasteiger partial charge in [0.25, 0.3) is 0 Å². The minimum atomic E-state index is 0.0464. The Bertz CT molecular complexity index is 699. The number of hydrogen-bond acceptors (Lipinski definition) is 3. The van der Waals surface area contributed by atoms with Crippen molar-refractivity contribution in [3.63, 3.8) is 0 Å². The van der Waals surface area contributed by atoms with Crippen molar-refractivity contribution in [3.05, 3.63) is 48.2 Å². The van der Waals surface area contributed by atoms with Gasteiger partial charge in [0.15, 0.2) is 0 Å². The average molecular weight is 309 g/mol. The number of para-hydroxylation sites is 1. The molecule has 120 valence electrons. The molecule has 0 unspecified atom stereocenters. The summed E-state index contributed by atoms with van der Waals surface area (Å²) in [5.41, 5.74) is 1.97. The summed E-state index contributed by atoms with van der Waals surface area (Å²) in [6.45, 7) is 4.08. The Labute approximate surface area is 137 Å². The van der Waals surface area contributed by atoms with Crippen LogP contribution in [0.2, 0.25) is 0 Å². The Hall–Kier alpha value is -2.20. The number of aromatic nitrogens is 1. The van der Waals surface area contributed by atoms with Crippen LogP contribution in [0.5, 0.6) is 0 Å². The summed E-state index contributed by atoms with van der Waals surface area (Å²) >= 11 is 0. The predicted octanol–water partition coefficient (Wildman–Crippen LogP) is 2.80. The van der Waals surface area contributed by atoms with Crippen LogP contribution in [0.1, 0.15) is 18.4 Å². The van der Waals surface area contributed by atoms with Gasteiger partial charge in [-0.25, -0.2) is 0 Å². The number of benzene rings is 1. The number of carbonyl (C=O) groups excluding carboxylic acids is 1. The van der Waals surface area contributed by atoms with Crippen LogP contribution in [0.15, 0.2) is 42.6 Å². The second kappa shape index (κ2) is 7.38. The summed E-state index contributed by atoms with van der Waals surface area (Å²) in [5.74, 6) is 0.0464. The predicted molar refractivity (Wildman–Crippen MR) is 94.1 cm³/mol. The Morgan fingerprint density at radius 2 is 2.04 bits per heavy atom. The fourth-order valence-corrected chi connectivity index (χ4v) is 2.96. The standard InChI is InChI=1S/C19H23N3O/c1-21(14-15-22-12-4-5-13-22)19(23)9-8-16-10-11-20-18-7-3-2-6-17(16)18/h2-3,6-11H,4-5,12-15H2,1H3/b9-8-. The number of likely N-dealkylation sites (N-methyl/N-ethyl adjacent to an activating group) is 1. The van der Waals surface area contributed by atoms with E-state index in [1.807, 2.05) is 43.5 Å². The van der Waals surface area contributed by atoms with Crippen LogP contribution in [0.25, 0.3) is 17.0 Å². The quantitative estimate of drug-likeness (QED) is 0.797. The molecular formula is C19H23N3O. The average Bonchev–Trinajstić information content (AvgIpc) is 3.11. The van der Waals surface area contributed by atoms with Gasteiger partial charge in [0.2, 0.25) is 5.91 Å². The summed E-state index contributed by atoms with van der Waals surface area (Å²) < 4.78 is 0. The Morgan fingerprint density at radius 3 is 2.87 bits per heavy atom. The van der Waals surface area contributed by atoms with E-state index in [1.54, 1.807) is 17.2 Å². The van der Waals surface area contributed by atoms with E-state index in [-0.39, 0.29) is 5.91 Å². The van der Waals surface area contributed by atoms with E-state index in [0.29, 0.717) is 0 Å². The van der Waals surface area contributed by atoms with Crippen molar-refractivity contribution >= 4 is 22.9 Å². The second-order valence-electron chi connectivity index (χ2n) is 6.06. The molecule has 1 fully saturated rings. The molecule has 3 rings (SSSR count). The van der Waals surface area contributed by atoms with Crippen LogP contribution in [0.4, 0.5) is 0 Å². The summed E-state index contributed by atoms with van der Waals surface area (Å²) in [6.07, 6.45) is 7.90. The number of pyridine rings is 1. The van der Waals surface area contributed by atoms with Crippen molar-refractivity contribution in [2.75, 3.05) is 33.2 Å². The topological polar surface area (TPSA) is 36.4 Å². The van der Waals surface area contributed by atoms with Crippen molar-refractivity contribution in [1.82, 2.24) is 14.8 Å². The molecule has 1 aromatic carbocycles. The maximum atomic E-state index is 12.3. The molecule has 1 aliphatic heterocycles. The molecule has 4 heteroatoms. The summed E-state index contributed by atoms with van der Waals surface area (Å²) in [6, 6.07) is 9.92. The number of nitrogens with zero attached hydrogens (tertiary/aromatic N) is 3. The molecule has 23 heavy (non-hydrogen) atoms. The Balaban J connectivity index is 1.62. The van der Waals surface area contributed by atoms with Gasteiger partial charge in [0.1, 0.15) is 0 Å². The molecule has 1 saturated heterocycles. The number of amides is 1. The van der Waals surface area contributed by atoms with Crippen LogP contribution < -0.4 is 0 Å². The lowest BCUT2D eigenvalue weighted by Gasteiger charge is -2.20. The first-order chi connectivity index (χ1) is 11.2. The summed E-state index contributed by atoms with van der Waals surface area (Å²) in [5, 5.41) is 1.07. The van der Waals surface area contributed by atoms with Crippen molar-refractivity contribution in [1.29, 1.82) is 0 Å². The third-order valence-corrected chi connectivity index (χ3v) is 4.41. The third-order valence-electron chi connectivity index (χ3n) is 4.41. The van der Waals surface area contributed by atoms with Gasteiger partial charge < -0.3 is 9.80 Å². The molecule has 0 saturated carbocycles. The van der Waals surface area contributed by atoms with Crippen molar-refractivity contribution in [2.45, 2.75) is 12.8 Å². The molecule has 0 aliphatic carbocycles. The zero-order chi connectivity index (χ0) is 16.1. The molecule has 4 nitrogen and oxygen atoms in total. The van der Waals surface area contributed by atoms with Gasteiger partial charge in [-0.2, -0.15) is 0 Å². The lowest BCUT2D eigenvalue weighted by Crippen LogP contribution is -2.34. The fraction of sp³-hybridized carbons (Fsp3) is 0.368. The van der Waals surface area contributed by atoms with E-state index in [1.165, 1.54) is 25.9 Å².